The minimum atomic E-state index is 1.29. The van der Waals surface area contributed by atoms with E-state index in [4.69, 9.17) is 5.21 Å². The quantitative estimate of drug-likeness (QED) is 0.263. The minimum Gasteiger partial charge on any atom is -0.411 e. The van der Waals surface area contributed by atoms with Crippen LogP contribution in [-0.4, -0.2) is 11.4 Å². The normalized spacial score (nSPS) is 12.0. The highest BCUT2D eigenvalue weighted by Crippen LogP contribution is 1.74. The van der Waals surface area contributed by atoms with E-state index in [1.165, 1.54) is 6.21 Å². The molecule has 48 valence electrons. The van der Waals surface area contributed by atoms with Crippen molar-refractivity contribution in [2.75, 3.05) is 0 Å². The fourth-order valence-corrected chi connectivity index (χ4v) is 0.295. The summed E-state index contributed by atoms with van der Waals surface area (Å²) in [6.45, 7) is 3.47. The van der Waals surface area contributed by atoms with Crippen molar-refractivity contribution in [2.45, 2.75) is 0 Å². The number of hydrogen-bond acceptors (Lipinski definition) is 2. The molecular weight excluding hydrogens is 114 g/mol. The SMILES string of the molecule is C=C/C=C\C=C/C=NO. The van der Waals surface area contributed by atoms with Crippen molar-refractivity contribution in [3.8, 4) is 0 Å². The fourth-order valence-electron chi connectivity index (χ4n) is 0.295. The third-order valence-corrected chi connectivity index (χ3v) is 0.622. The summed E-state index contributed by atoms with van der Waals surface area (Å²) in [5.74, 6) is 0. The summed E-state index contributed by atoms with van der Waals surface area (Å²) in [5, 5.41) is 10.7. The van der Waals surface area contributed by atoms with Gasteiger partial charge >= 0.3 is 0 Å². The summed E-state index contributed by atoms with van der Waals surface area (Å²) < 4.78 is 0. The topological polar surface area (TPSA) is 32.6 Å². The Balaban J connectivity index is 3.46. The number of oxime groups is 1. The Morgan fingerprint density at radius 3 is 2.33 bits per heavy atom. The zero-order valence-corrected chi connectivity index (χ0v) is 5.07. The predicted molar refractivity (Wildman–Crippen MR) is 38.8 cm³/mol. The summed E-state index contributed by atoms with van der Waals surface area (Å²) in [5.41, 5.74) is 0. The van der Waals surface area contributed by atoms with Crippen LogP contribution in [-0.2, 0) is 0 Å². The summed E-state index contributed by atoms with van der Waals surface area (Å²) in [7, 11) is 0. The van der Waals surface area contributed by atoms with Gasteiger partial charge in [-0.25, -0.2) is 0 Å². The van der Waals surface area contributed by atoms with E-state index >= 15 is 0 Å². The van der Waals surface area contributed by atoms with Gasteiger partial charge in [-0.1, -0.05) is 36.0 Å². The van der Waals surface area contributed by atoms with Crippen molar-refractivity contribution in [3.63, 3.8) is 0 Å². The maximum atomic E-state index is 7.90. The zero-order valence-electron chi connectivity index (χ0n) is 5.07. The van der Waals surface area contributed by atoms with Crippen LogP contribution in [0.5, 0.6) is 0 Å². The van der Waals surface area contributed by atoms with Gasteiger partial charge in [0.15, 0.2) is 0 Å². The molecule has 0 aromatic rings. The molecule has 0 bridgehead atoms. The highest BCUT2D eigenvalue weighted by molar-refractivity contribution is 5.70. The average molecular weight is 123 g/mol. The van der Waals surface area contributed by atoms with Crippen molar-refractivity contribution in [1.29, 1.82) is 0 Å². The maximum absolute atomic E-state index is 7.90. The van der Waals surface area contributed by atoms with Gasteiger partial charge in [0.2, 0.25) is 0 Å². The Hall–Kier alpha value is -1.31. The Morgan fingerprint density at radius 1 is 1.11 bits per heavy atom. The van der Waals surface area contributed by atoms with Gasteiger partial charge in [0.05, 0.1) is 6.21 Å². The first-order chi connectivity index (χ1) is 4.41. The molecule has 2 heteroatoms. The highest BCUT2D eigenvalue weighted by atomic mass is 16.4. The van der Waals surface area contributed by atoms with Gasteiger partial charge in [-0.05, 0) is 6.08 Å². The molecule has 0 aliphatic rings. The Bertz CT molecular complexity index is 145. The molecule has 0 unspecified atom stereocenters. The van der Waals surface area contributed by atoms with Gasteiger partial charge in [-0.3, -0.25) is 0 Å². The molecule has 0 saturated carbocycles. The van der Waals surface area contributed by atoms with Crippen molar-refractivity contribution < 1.29 is 5.21 Å². The second kappa shape index (κ2) is 6.69. The van der Waals surface area contributed by atoms with Crippen molar-refractivity contribution in [1.82, 2.24) is 0 Å². The van der Waals surface area contributed by atoms with Crippen LogP contribution < -0.4 is 0 Å². The molecule has 0 aliphatic heterocycles. The summed E-state index contributed by atoms with van der Waals surface area (Å²) >= 11 is 0. The summed E-state index contributed by atoms with van der Waals surface area (Å²) in [6, 6.07) is 0. The second-order valence-electron chi connectivity index (χ2n) is 1.27. The molecule has 0 fully saturated rings. The van der Waals surface area contributed by atoms with Gasteiger partial charge in [-0.15, -0.1) is 0 Å². The molecule has 0 spiro atoms. The predicted octanol–water partition coefficient (Wildman–Crippen LogP) is 1.74. The second-order valence-corrected chi connectivity index (χ2v) is 1.27. The third-order valence-electron chi connectivity index (χ3n) is 0.622. The molecule has 0 radical (unpaired) electrons. The van der Waals surface area contributed by atoms with Crippen LogP contribution >= 0.6 is 0 Å². The lowest BCUT2D eigenvalue weighted by Gasteiger charge is -1.68. The zero-order chi connectivity index (χ0) is 6.95. The van der Waals surface area contributed by atoms with Crippen LogP contribution in [0.25, 0.3) is 0 Å². The lowest BCUT2D eigenvalue weighted by atomic mass is 10.4. The van der Waals surface area contributed by atoms with Crippen LogP contribution in [0.15, 0.2) is 42.1 Å². The lowest BCUT2D eigenvalue weighted by molar-refractivity contribution is 0.322. The van der Waals surface area contributed by atoms with Crippen LogP contribution in [0.4, 0.5) is 0 Å². The first-order valence-corrected chi connectivity index (χ1v) is 2.53. The van der Waals surface area contributed by atoms with E-state index in [1.807, 2.05) is 0 Å². The van der Waals surface area contributed by atoms with Crippen molar-refractivity contribution >= 4 is 6.21 Å². The largest absolute Gasteiger partial charge is 0.411 e. The number of hydrogen-bond donors (Lipinski definition) is 1. The molecule has 0 aromatic carbocycles. The molecule has 1 N–H and O–H groups in total. The molecule has 0 rings (SSSR count). The molecule has 9 heavy (non-hydrogen) atoms. The Labute approximate surface area is 54.5 Å². The summed E-state index contributed by atoms with van der Waals surface area (Å²) in [6.07, 6.45) is 9.87. The molecule has 0 aromatic heterocycles. The van der Waals surface area contributed by atoms with Crippen LogP contribution in [0, 0.1) is 0 Å². The Morgan fingerprint density at radius 2 is 1.78 bits per heavy atom. The minimum absolute atomic E-state index is 1.29. The van der Waals surface area contributed by atoms with E-state index in [1.54, 1.807) is 30.4 Å². The molecule has 0 saturated heterocycles. The maximum Gasteiger partial charge on any atom is 0.0661 e. The first-order valence-electron chi connectivity index (χ1n) is 2.53. The monoisotopic (exact) mass is 123 g/mol. The summed E-state index contributed by atoms with van der Waals surface area (Å²) in [4.78, 5) is 0. The van der Waals surface area contributed by atoms with Gasteiger partial charge in [-0.2, -0.15) is 0 Å². The van der Waals surface area contributed by atoms with E-state index in [0.29, 0.717) is 0 Å². The third kappa shape index (κ3) is 6.69. The van der Waals surface area contributed by atoms with Gasteiger partial charge in [0.25, 0.3) is 0 Å². The fraction of sp³-hybridized carbons (Fsp3) is 0. The number of rotatable bonds is 3. The van der Waals surface area contributed by atoms with Crippen molar-refractivity contribution in [3.05, 3.63) is 37.0 Å². The molecule has 2 nitrogen and oxygen atoms in total. The number of allylic oxidation sites excluding steroid dienone is 5. The first kappa shape index (κ1) is 7.69. The van der Waals surface area contributed by atoms with Crippen molar-refractivity contribution in [2.24, 2.45) is 5.16 Å². The number of nitrogens with zero attached hydrogens (tertiary/aromatic N) is 1. The van der Waals surface area contributed by atoms with Gasteiger partial charge in [0.1, 0.15) is 0 Å². The molecule has 0 amide bonds. The van der Waals surface area contributed by atoms with Gasteiger partial charge < -0.3 is 5.21 Å². The van der Waals surface area contributed by atoms with Crippen LogP contribution in [0.1, 0.15) is 0 Å². The van der Waals surface area contributed by atoms with Crippen LogP contribution in [0.3, 0.4) is 0 Å². The van der Waals surface area contributed by atoms with E-state index in [-0.39, 0.29) is 0 Å². The smallest absolute Gasteiger partial charge is 0.0661 e. The molecule has 0 aliphatic carbocycles. The highest BCUT2D eigenvalue weighted by Gasteiger charge is 1.58. The van der Waals surface area contributed by atoms with E-state index < -0.39 is 0 Å². The Kier molecular flexibility index (Phi) is 5.72. The van der Waals surface area contributed by atoms with Gasteiger partial charge in [0, 0.05) is 0 Å². The molecule has 0 atom stereocenters. The van der Waals surface area contributed by atoms with Crippen LogP contribution in [0.2, 0.25) is 0 Å². The van der Waals surface area contributed by atoms with E-state index in [2.05, 4.69) is 11.7 Å². The standard InChI is InChI=1S/C7H9NO/c1-2-3-4-5-6-7-8-9/h2-7,9H,1H2/b4-3-,6-5-,8-7?. The van der Waals surface area contributed by atoms with E-state index in [9.17, 15) is 0 Å². The van der Waals surface area contributed by atoms with E-state index in [0.717, 1.165) is 0 Å². The molecule has 0 heterocycles. The average Bonchev–Trinajstić information content (AvgIpc) is 1.89. The molecular formula is C7H9NO. The lowest BCUT2D eigenvalue weighted by Crippen LogP contribution is -1.59.